The van der Waals surface area contributed by atoms with Gasteiger partial charge in [-0.1, -0.05) is 24.6 Å². The number of hydrogen-bond acceptors (Lipinski definition) is 3. The Hall–Kier alpha value is -1.26. The van der Waals surface area contributed by atoms with Crippen LogP contribution in [0.4, 0.5) is 0 Å². The first kappa shape index (κ1) is 17.1. The van der Waals surface area contributed by atoms with Crippen LogP contribution in [0.2, 0.25) is 5.02 Å². The van der Waals surface area contributed by atoms with Crippen molar-refractivity contribution >= 4 is 40.2 Å². The molecule has 0 aliphatic carbocycles. The maximum absolute atomic E-state index is 12.0. The van der Waals surface area contributed by atoms with E-state index in [2.05, 4.69) is 17.2 Å². The normalized spacial score (nSPS) is 11.6. The van der Waals surface area contributed by atoms with E-state index < -0.39 is 0 Å². The molecule has 0 radical (unpaired) electrons. The standard InChI is InChI=1S/C17H21ClN2OS/c1-4-17(2,3)20-15(21)11-22-10-12-7-8-14(18)13-6-5-9-19-16(12)13/h5-9H,4,10-11H2,1-3H3,(H,20,21). The monoisotopic (exact) mass is 336 g/mol. The zero-order chi connectivity index (χ0) is 16.2. The van der Waals surface area contributed by atoms with Crippen LogP contribution in [0.15, 0.2) is 30.5 Å². The largest absolute Gasteiger partial charge is 0.351 e. The van der Waals surface area contributed by atoms with Gasteiger partial charge in [0.1, 0.15) is 0 Å². The number of hydrogen-bond donors (Lipinski definition) is 1. The summed E-state index contributed by atoms with van der Waals surface area (Å²) >= 11 is 7.78. The SMILES string of the molecule is CCC(C)(C)NC(=O)CSCc1ccc(Cl)c2cccnc12. The Balaban J connectivity index is 1.98. The Bertz CT molecular complexity index is 673. The number of fused-ring (bicyclic) bond motifs is 1. The molecule has 0 saturated carbocycles. The van der Waals surface area contributed by atoms with Crippen LogP contribution < -0.4 is 5.32 Å². The summed E-state index contributed by atoms with van der Waals surface area (Å²) in [6.07, 6.45) is 2.68. The van der Waals surface area contributed by atoms with Gasteiger partial charge in [-0.2, -0.15) is 0 Å². The second-order valence-corrected chi connectivity index (χ2v) is 7.28. The van der Waals surface area contributed by atoms with Crippen LogP contribution in [0.1, 0.15) is 32.8 Å². The molecule has 0 unspecified atom stereocenters. The molecule has 0 atom stereocenters. The molecule has 22 heavy (non-hydrogen) atoms. The van der Waals surface area contributed by atoms with Crippen molar-refractivity contribution < 1.29 is 4.79 Å². The predicted molar refractivity (Wildman–Crippen MR) is 95.4 cm³/mol. The van der Waals surface area contributed by atoms with Crippen molar-refractivity contribution in [2.24, 2.45) is 0 Å². The number of carbonyl (C=O) groups excluding carboxylic acids is 1. The molecule has 0 saturated heterocycles. The van der Waals surface area contributed by atoms with Crippen molar-refractivity contribution in [1.82, 2.24) is 10.3 Å². The van der Waals surface area contributed by atoms with Crippen molar-refractivity contribution in [1.29, 1.82) is 0 Å². The molecular weight excluding hydrogens is 316 g/mol. The summed E-state index contributed by atoms with van der Waals surface area (Å²) in [4.78, 5) is 16.4. The van der Waals surface area contributed by atoms with Gasteiger partial charge in [0.2, 0.25) is 5.91 Å². The summed E-state index contributed by atoms with van der Waals surface area (Å²) in [5, 5.41) is 4.71. The molecule has 118 valence electrons. The van der Waals surface area contributed by atoms with Gasteiger partial charge in [0.15, 0.2) is 0 Å². The number of amides is 1. The van der Waals surface area contributed by atoms with E-state index in [0.29, 0.717) is 10.8 Å². The van der Waals surface area contributed by atoms with E-state index in [4.69, 9.17) is 11.6 Å². The maximum atomic E-state index is 12.0. The van der Waals surface area contributed by atoms with Crippen molar-refractivity contribution in [3.05, 3.63) is 41.0 Å². The van der Waals surface area contributed by atoms with E-state index in [9.17, 15) is 4.79 Å². The molecule has 0 aliphatic heterocycles. The Labute approximate surface area is 140 Å². The number of nitrogens with one attached hydrogen (secondary N) is 1. The van der Waals surface area contributed by atoms with Gasteiger partial charge >= 0.3 is 0 Å². The number of halogens is 1. The number of carbonyl (C=O) groups is 1. The minimum Gasteiger partial charge on any atom is -0.351 e. The van der Waals surface area contributed by atoms with Gasteiger partial charge < -0.3 is 5.32 Å². The zero-order valence-corrected chi connectivity index (χ0v) is 14.7. The van der Waals surface area contributed by atoms with Gasteiger partial charge in [-0.15, -0.1) is 11.8 Å². The van der Waals surface area contributed by atoms with E-state index in [1.165, 1.54) is 0 Å². The summed E-state index contributed by atoms with van der Waals surface area (Å²) < 4.78 is 0. The van der Waals surface area contributed by atoms with Gasteiger partial charge in [0.25, 0.3) is 0 Å². The third-order valence-corrected chi connectivity index (χ3v) is 4.96. The number of benzene rings is 1. The topological polar surface area (TPSA) is 42.0 Å². The first-order chi connectivity index (χ1) is 10.4. The Morgan fingerprint density at radius 1 is 1.36 bits per heavy atom. The second-order valence-electron chi connectivity index (χ2n) is 5.88. The molecule has 1 N–H and O–H groups in total. The predicted octanol–water partition coefficient (Wildman–Crippen LogP) is 4.43. The highest BCUT2D eigenvalue weighted by Gasteiger charge is 2.17. The average molecular weight is 337 g/mol. The van der Waals surface area contributed by atoms with E-state index in [1.807, 2.05) is 38.1 Å². The van der Waals surface area contributed by atoms with Crippen molar-refractivity contribution in [3.63, 3.8) is 0 Å². The molecule has 0 fully saturated rings. The second kappa shape index (κ2) is 7.34. The van der Waals surface area contributed by atoms with Crippen LogP contribution >= 0.6 is 23.4 Å². The van der Waals surface area contributed by atoms with Crippen LogP contribution in [0.5, 0.6) is 0 Å². The van der Waals surface area contributed by atoms with Crippen LogP contribution in [-0.4, -0.2) is 22.2 Å². The molecule has 0 bridgehead atoms. The molecule has 1 aromatic heterocycles. The Morgan fingerprint density at radius 3 is 2.86 bits per heavy atom. The van der Waals surface area contributed by atoms with Crippen molar-refractivity contribution in [3.8, 4) is 0 Å². The maximum Gasteiger partial charge on any atom is 0.230 e. The zero-order valence-electron chi connectivity index (χ0n) is 13.1. The van der Waals surface area contributed by atoms with E-state index in [1.54, 1.807) is 18.0 Å². The number of rotatable bonds is 6. The molecular formula is C17H21ClN2OS. The first-order valence-corrected chi connectivity index (χ1v) is 8.87. The molecule has 2 aromatic rings. The Kier molecular flexibility index (Phi) is 5.70. The molecule has 1 heterocycles. The summed E-state index contributed by atoms with van der Waals surface area (Å²) in [5.74, 6) is 1.26. The van der Waals surface area contributed by atoms with Crippen LogP contribution in [0.25, 0.3) is 10.9 Å². The van der Waals surface area contributed by atoms with E-state index in [-0.39, 0.29) is 11.4 Å². The summed E-state index contributed by atoms with van der Waals surface area (Å²) in [6, 6.07) is 7.72. The van der Waals surface area contributed by atoms with Gasteiger partial charge in [-0.3, -0.25) is 9.78 Å². The minimum absolute atomic E-state index is 0.0723. The van der Waals surface area contributed by atoms with Crippen molar-refractivity contribution in [2.45, 2.75) is 38.5 Å². The molecule has 3 nitrogen and oxygen atoms in total. The third-order valence-electron chi connectivity index (χ3n) is 3.65. The molecule has 2 rings (SSSR count). The van der Waals surface area contributed by atoms with Gasteiger partial charge in [-0.05, 0) is 44.0 Å². The van der Waals surface area contributed by atoms with Gasteiger partial charge in [-0.25, -0.2) is 0 Å². The first-order valence-electron chi connectivity index (χ1n) is 7.34. The lowest BCUT2D eigenvalue weighted by Crippen LogP contribution is -2.43. The molecule has 0 aliphatic rings. The fourth-order valence-corrected chi connectivity index (χ4v) is 3.10. The smallest absolute Gasteiger partial charge is 0.230 e. The van der Waals surface area contributed by atoms with E-state index >= 15 is 0 Å². The molecule has 1 amide bonds. The Morgan fingerprint density at radius 2 is 2.14 bits per heavy atom. The summed E-state index contributed by atoms with van der Waals surface area (Å²) in [7, 11) is 0. The fraction of sp³-hybridized carbons (Fsp3) is 0.412. The van der Waals surface area contributed by atoms with Gasteiger partial charge in [0.05, 0.1) is 11.3 Å². The average Bonchev–Trinajstić information content (AvgIpc) is 2.49. The number of pyridine rings is 1. The fourth-order valence-electron chi connectivity index (χ4n) is 2.07. The van der Waals surface area contributed by atoms with Crippen LogP contribution in [-0.2, 0) is 10.5 Å². The molecule has 1 aromatic carbocycles. The van der Waals surface area contributed by atoms with Crippen molar-refractivity contribution in [2.75, 3.05) is 5.75 Å². The highest BCUT2D eigenvalue weighted by atomic mass is 35.5. The highest BCUT2D eigenvalue weighted by Crippen LogP contribution is 2.27. The van der Waals surface area contributed by atoms with E-state index in [0.717, 1.165) is 28.6 Å². The summed E-state index contributed by atoms with van der Waals surface area (Å²) in [5.41, 5.74) is 1.87. The lowest BCUT2D eigenvalue weighted by molar-refractivity contribution is -0.120. The van der Waals surface area contributed by atoms with Crippen LogP contribution in [0, 0.1) is 0 Å². The molecule has 0 spiro atoms. The minimum atomic E-state index is -0.147. The number of nitrogens with zero attached hydrogens (tertiary/aromatic N) is 1. The number of thioether (sulfide) groups is 1. The lowest BCUT2D eigenvalue weighted by atomic mass is 10.0. The summed E-state index contributed by atoms with van der Waals surface area (Å²) in [6.45, 7) is 6.14. The third kappa shape index (κ3) is 4.37. The van der Waals surface area contributed by atoms with Gasteiger partial charge in [0, 0.05) is 27.9 Å². The lowest BCUT2D eigenvalue weighted by Gasteiger charge is -2.24. The quantitative estimate of drug-likeness (QED) is 0.848. The highest BCUT2D eigenvalue weighted by molar-refractivity contribution is 7.99. The number of aromatic nitrogens is 1. The molecule has 5 heteroatoms. The van der Waals surface area contributed by atoms with Crippen LogP contribution in [0.3, 0.4) is 0 Å².